The summed E-state index contributed by atoms with van der Waals surface area (Å²) in [5.74, 6) is 0.165. The molecule has 1 atom stereocenters. The Morgan fingerprint density at radius 2 is 2.08 bits per heavy atom. The molecular formula is C18H24N4O2S2. The van der Waals surface area contributed by atoms with Crippen molar-refractivity contribution in [1.29, 1.82) is 0 Å². The highest BCUT2D eigenvalue weighted by molar-refractivity contribution is 7.15. The Morgan fingerprint density at radius 1 is 1.27 bits per heavy atom. The normalized spacial score (nSPS) is 20.1. The number of carbonyl (C=O) groups excluding carboxylic acids is 1. The number of ether oxygens (including phenoxy) is 1. The first kappa shape index (κ1) is 17.9. The number of amides is 1. The number of aryl methyl sites for hydroxylation is 3. The predicted octanol–water partition coefficient (Wildman–Crippen LogP) is 2.47. The molecule has 8 heteroatoms. The molecule has 140 valence electrons. The molecule has 0 radical (unpaired) electrons. The van der Waals surface area contributed by atoms with E-state index in [2.05, 4.69) is 15.2 Å². The van der Waals surface area contributed by atoms with E-state index in [0.29, 0.717) is 6.54 Å². The minimum absolute atomic E-state index is 0.0245. The van der Waals surface area contributed by atoms with E-state index in [-0.39, 0.29) is 11.8 Å². The first-order valence-corrected chi connectivity index (χ1v) is 10.8. The number of hydrogen-bond acceptors (Lipinski definition) is 7. The van der Waals surface area contributed by atoms with Gasteiger partial charge in [0.05, 0.1) is 36.2 Å². The highest BCUT2D eigenvalue weighted by Crippen LogP contribution is 2.34. The van der Waals surface area contributed by atoms with Gasteiger partial charge in [0.2, 0.25) is 5.91 Å². The van der Waals surface area contributed by atoms with Crippen molar-refractivity contribution in [3.63, 3.8) is 0 Å². The van der Waals surface area contributed by atoms with Gasteiger partial charge in [0.15, 0.2) is 5.13 Å². The molecule has 0 spiro atoms. The molecule has 1 saturated heterocycles. The van der Waals surface area contributed by atoms with E-state index in [4.69, 9.17) is 9.72 Å². The van der Waals surface area contributed by atoms with Crippen molar-refractivity contribution in [3.05, 3.63) is 26.1 Å². The van der Waals surface area contributed by atoms with Gasteiger partial charge in [-0.25, -0.2) is 9.97 Å². The fourth-order valence-corrected chi connectivity index (χ4v) is 5.56. The number of nitrogens with one attached hydrogen (secondary N) is 1. The minimum Gasteiger partial charge on any atom is -0.378 e. The molecule has 1 fully saturated rings. The largest absolute Gasteiger partial charge is 0.378 e. The number of morpholine rings is 1. The van der Waals surface area contributed by atoms with E-state index in [1.54, 1.807) is 22.7 Å². The van der Waals surface area contributed by atoms with Gasteiger partial charge in [0, 0.05) is 35.2 Å². The summed E-state index contributed by atoms with van der Waals surface area (Å²) in [4.78, 5) is 26.7. The van der Waals surface area contributed by atoms with Crippen molar-refractivity contribution < 1.29 is 9.53 Å². The molecule has 3 heterocycles. The molecule has 1 unspecified atom stereocenters. The zero-order valence-electron chi connectivity index (χ0n) is 15.2. The van der Waals surface area contributed by atoms with Crippen molar-refractivity contribution >= 4 is 33.7 Å². The molecule has 2 aliphatic rings. The number of anilines is 1. The third kappa shape index (κ3) is 3.77. The Bertz CT molecular complexity index is 795. The lowest BCUT2D eigenvalue weighted by Gasteiger charge is -2.26. The zero-order valence-corrected chi connectivity index (χ0v) is 16.8. The Balaban J connectivity index is 1.37. The Hall–Kier alpha value is -1.51. The van der Waals surface area contributed by atoms with Crippen molar-refractivity contribution in [1.82, 2.24) is 15.3 Å². The Morgan fingerprint density at radius 3 is 2.81 bits per heavy atom. The zero-order chi connectivity index (χ0) is 18.1. The van der Waals surface area contributed by atoms with Gasteiger partial charge < -0.3 is 15.0 Å². The minimum atomic E-state index is 0.0245. The quantitative estimate of drug-likeness (QED) is 0.866. The average Bonchev–Trinajstić information content (AvgIpc) is 3.22. The SMILES string of the molecule is Cc1nc(C)c(CNC(=O)C2CCc3sc(N4CCOCC4)nc3C2)s1. The van der Waals surface area contributed by atoms with E-state index in [1.165, 1.54) is 4.88 Å². The third-order valence-corrected chi connectivity index (χ3v) is 7.29. The second kappa shape index (κ2) is 7.62. The van der Waals surface area contributed by atoms with Crippen molar-refractivity contribution in [2.45, 2.75) is 39.7 Å². The number of nitrogens with zero attached hydrogens (tertiary/aromatic N) is 3. The molecule has 6 nitrogen and oxygen atoms in total. The molecule has 1 aliphatic heterocycles. The van der Waals surface area contributed by atoms with Crippen LogP contribution in [0.5, 0.6) is 0 Å². The second-order valence-electron chi connectivity index (χ2n) is 6.86. The van der Waals surface area contributed by atoms with Crippen molar-refractivity contribution in [2.75, 3.05) is 31.2 Å². The topological polar surface area (TPSA) is 67.4 Å². The highest BCUT2D eigenvalue weighted by Gasteiger charge is 2.29. The highest BCUT2D eigenvalue weighted by atomic mass is 32.1. The van der Waals surface area contributed by atoms with Crippen LogP contribution in [0.3, 0.4) is 0 Å². The van der Waals surface area contributed by atoms with Gasteiger partial charge in [0.25, 0.3) is 0 Å². The summed E-state index contributed by atoms with van der Waals surface area (Å²) in [6, 6.07) is 0. The molecule has 0 aromatic carbocycles. The number of aromatic nitrogens is 2. The number of rotatable bonds is 4. The molecule has 0 bridgehead atoms. The van der Waals surface area contributed by atoms with Crippen molar-refractivity contribution in [2.24, 2.45) is 5.92 Å². The van der Waals surface area contributed by atoms with Gasteiger partial charge >= 0.3 is 0 Å². The predicted molar refractivity (Wildman–Crippen MR) is 104 cm³/mol. The second-order valence-corrected chi connectivity index (χ2v) is 9.21. The van der Waals surface area contributed by atoms with Crippen molar-refractivity contribution in [3.8, 4) is 0 Å². The van der Waals surface area contributed by atoms with E-state index in [1.807, 2.05) is 13.8 Å². The summed E-state index contributed by atoms with van der Waals surface area (Å²) in [5, 5.41) is 5.24. The summed E-state index contributed by atoms with van der Waals surface area (Å²) in [5.41, 5.74) is 2.14. The number of hydrogen-bond donors (Lipinski definition) is 1. The molecular weight excluding hydrogens is 368 g/mol. The summed E-state index contributed by atoms with van der Waals surface area (Å²) in [7, 11) is 0. The Kier molecular flexibility index (Phi) is 5.24. The maximum absolute atomic E-state index is 12.6. The lowest BCUT2D eigenvalue weighted by Crippen LogP contribution is -2.36. The van der Waals surface area contributed by atoms with Gasteiger partial charge in [-0.2, -0.15) is 0 Å². The van der Waals surface area contributed by atoms with Crippen LogP contribution in [0, 0.1) is 19.8 Å². The first-order chi connectivity index (χ1) is 12.6. The Labute approximate surface area is 161 Å². The van der Waals surface area contributed by atoms with Crippen LogP contribution in [0.2, 0.25) is 0 Å². The van der Waals surface area contributed by atoms with Crippen LogP contribution >= 0.6 is 22.7 Å². The van der Waals surface area contributed by atoms with Gasteiger partial charge in [0.1, 0.15) is 0 Å². The van der Waals surface area contributed by atoms with E-state index in [9.17, 15) is 4.79 Å². The summed E-state index contributed by atoms with van der Waals surface area (Å²) >= 11 is 3.45. The van der Waals surface area contributed by atoms with Crippen LogP contribution in [0.15, 0.2) is 0 Å². The smallest absolute Gasteiger partial charge is 0.223 e. The summed E-state index contributed by atoms with van der Waals surface area (Å²) in [6.07, 6.45) is 2.61. The third-order valence-electron chi connectivity index (χ3n) is 5.00. The monoisotopic (exact) mass is 392 g/mol. The molecule has 26 heavy (non-hydrogen) atoms. The molecule has 0 saturated carbocycles. The molecule has 4 rings (SSSR count). The molecule has 1 amide bonds. The van der Waals surface area contributed by atoms with Gasteiger partial charge in [-0.05, 0) is 26.7 Å². The molecule has 2 aromatic heterocycles. The number of carbonyl (C=O) groups is 1. The summed E-state index contributed by atoms with van der Waals surface area (Å²) in [6.45, 7) is 7.93. The van der Waals surface area contributed by atoms with Gasteiger partial charge in [-0.3, -0.25) is 4.79 Å². The van der Waals surface area contributed by atoms with Crippen LogP contribution in [-0.2, 0) is 28.9 Å². The van der Waals surface area contributed by atoms with Crippen LogP contribution in [0.4, 0.5) is 5.13 Å². The average molecular weight is 393 g/mol. The fourth-order valence-electron chi connectivity index (χ4n) is 3.53. The molecule has 1 aliphatic carbocycles. The van der Waals surface area contributed by atoms with Gasteiger partial charge in [-0.15, -0.1) is 22.7 Å². The van der Waals surface area contributed by atoms with Crippen LogP contribution in [-0.4, -0.2) is 42.2 Å². The maximum Gasteiger partial charge on any atom is 0.223 e. The number of thiazole rings is 2. The molecule has 1 N–H and O–H groups in total. The van der Waals surface area contributed by atoms with Crippen LogP contribution in [0.1, 0.15) is 32.6 Å². The molecule has 2 aromatic rings. The van der Waals surface area contributed by atoms with Gasteiger partial charge in [-0.1, -0.05) is 0 Å². The van der Waals surface area contributed by atoms with E-state index < -0.39 is 0 Å². The van der Waals surface area contributed by atoms with Crippen LogP contribution in [0.25, 0.3) is 0 Å². The van der Waals surface area contributed by atoms with E-state index in [0.717, 1.165) is 72.0 Å². The lowest BCUT2D eigenvalue weighted by molar-refractivity contribution is -0.125. The first-order valence-electron chi connectivity index (χ1n) is 9.12. The standard InChI is InChI=1S/C18H24N4O2S2/c1-11-16(25-12(2)20-11)10-19-17(23)13-3-4-15-14(9-13)21-18(26-15)22-5-7-24-8-6-22/h13H,3-10H2,1-2H3,(H,19,23). The fraction of sp³-hybridized carbons (Fsp3) is 0.611. The summed E-state index contributed by atoms with van der Waals surface area (Å²) < 4.78 is 5.42. The number of fused-ring (bicyclic) bond motifs is 1. The lowest BCUT2D eigenvalue weighted by atomic mass is 9.90. The maximum atomic E-state index is 12.6. The van der Waals surface area contributed by atoms with Crippen LogP contribution < -0.4 is 10.2 Å². The van der Waals surface area contributed by atoms with E-state index >= 15 is 0 Å².